The van der Waals surface area contributed by atoms with Crippen LogP contribution in [0, 0.1) is 6.92 Å². The molecule has 0 atom stereocenters. The number of nitrogens with two attached hydrogens (primary N) is 1. The molecule has 1 rings (SSSR count). The highest BCUT2D eigenvalue weighted by atomic mass is 15.4. The number of anilines is 1. The largest absolute Gasteiger partial charge is 0.360 e. The summed E-state index contributed by atoms with van der Waals surface area (Å²) in [6.45, 7) is 5.83. The highest BCUT2D eigenvalue weighted by Crippen LogP contribution is 2.21. The molecule has 0 spiro atoms. The minimum Gasteiger partial charge on any atom is -0.360 e. The Morgan fingerprint density at radius 2 is 2.13 bits per heavy atom. The standard InChI is InChI=1S/C11H22N4/c1-5-6-7-14(3)11-10(8-12)9(2)13-15(11)4/h5-8,12H2,1-4H3. The molecule has 0 radical (unpaired) electrons. The minimum absolute atomic E-state index is 0.561. The molecule has 4 nitrogen and oxygen atoms in total. The zero-order chi connectivity index (χ0) is 11.4. The van der Waals surface area contributed by atoms with Gasteiger partial charge in [-0.15, -0.1) is 0 Å². The van der Waals surface area contributed by atoms with Crippen LogP contribution in [0.2, 0.25) is 0 Å². The zero-order valence-corrected chi connectivity index (χ0v) is 10.2. The third kappa shape index (κ3) is 2.50. The predicted molar refractivity (Wildman–Crippen MR) is 64.0 cm³/mol. The number of aromatic nitrogens is 2. The van der Waals surface area contributed by atoms with Crippen molar-refractivity contribution in [3.63, 3.8) is 0 Å². The van der Waals surface area contributed by atoms with E-state index >= 15 is 0 Å². The summed E-state index contributed by atoms with van der Waals surface area (Å²) < 4.78 is 1.92. The fraction of sp³-hybridized carbons (Fsp3) is 0.727. The Hall–Kier alpha value is -1.03. The van der Waals surface area contributed by atoms with Gasteiger partial charge in [0.15, 0.2) is 0 Å². The lowest BCUT2D eigenvalue weighted by molar-refractivity contribution is 0.700. The molecule has 0 aliphatic rings. The summed E-state index contributed by atoms with van der Waals surface area (Å²) >= 11 is 0. The summed E-state index contributed by atoms with van der Waals surface area (Å²) in [6, 6.07) is 0. The summed E-state index contributed by atoms with van der Waals surface area (Å²) in [6.07, 6.45) is 2.41. The Morgan fingerprint density at radius 3 is 2.67 bits per heavy atom. The van der Waals surface area contributed by atoms with E-state index in [9.17, 15) is 0 Å². The molecule has 0 aliphatic carbocycles. The maximum Gasteiger partial charge on any atom is 0.131 e. The number of nitrogens with zero attached hydrogens (tertiary/aromatic N) is 3. The lowest BCUT2D eigenvalue weighted by atomic mass is 10.2. The van der Waals surface area contributed by atoms with Gasteiger partial charge in [-0.2, -0.15) is 5.10 Å². The Bertz CT molecular complexity index is 317. The van der Waals surface area contributed by atoms with Crippen LogP contribution in [0.1, 0.15) is 31.0 Å². The van der Waals surface area contributed by atoms with Crippen molar-refractivity contribution in [3.05, 3.63) is 11.3 Å². The molecule has 0 aliphatic heterocycles. The van der Waals surface area contributed by atoms with Gasteiger partial charge in [0.1, 0.15) is 5.82 Å². The van der Waals surface area contributed by atoms with Gasteiger partial charge in [-0.05, 0) is 13.3 Å². The number of aryl methyl sites for hydroxylation is 2. The molecule has 0 unspecified atom stereocenters. The first-order valence-corrected chi connectivity index (χ1v) is 5.55. The van der Waals surface area contributed by atoms with Gasteiger partial charge in [-0.1, -0.05) is 13.3 Å². The van der Waals surface area contributed by atoms with E-state index in [0.29, 0.717) is 6.54 Å². The zero-order valence-electron chi connectivity index (χ0n) is 10.2. The second-order valence-corrected chi connectivity index (χ2v) is 3.99. The third-order valence-corrected chi connectivity index (χ3v) is 2.73. The number of rotatable bonds is 5. The summed E-state index contributed by atoms with van der Waals surface area (Å²) in [7, 11) is 4.08. The highest BCUT2D eigenvalue weighted by Gasteiger charge is 2.14. The molecule has 4 heteroatoms. The van der Waals surface area contributed by atoms with Crippen LogP contribution in [0.5, 0.6) is 0 Å². The summed E-state index contributed by atoms with van der Waals surface area (Å²) in [5, 5.41) is 4.41. The third-order valence-electron chi connectivity index (χ3n) is 2.73. The highest BCUT2D eigenvalue weighted by molar-refractivity contribution is 5.49. The van der Waals surface area contributed by atoms with Crippen molar-refractivity contribution in [2.75, 3.05) is 18.5 Å². The maximum absolute atomic E-state index is 5.75. The predicted octanol–water partition coefficient (Wildman–Crippen LogP) is 1.42. The fourth-order valence-electron chi connectivity index (χ4n) is 1.91. The summed E-state index contributed by atoms with van der Waals surface area (Å²) in [5.74, 6) is 1.16. The SMILES string of the molecule is CCCCN(C)c1c(CN)c(C)nn1C. The lowest BCUT2D eigenvalue weighted by Crippen LogP contribution is -2.22. The molecule has 2 N–H and O–H groups in total. The van der Waals surface area contributed by atoms with Gasteiger partial charge < -0.3 is 10.6 Å². The van der Waals surface area contributed by atoms with Crippen LogP contribution in [0.3, 0.4) is 0 Å². The van der Waals surface area contributed by atoms with Gasteiger partial charge in [-0.25, -0.2) is 0 Å². The van der Waals surface area contributed by atoms with Crippen LogP contribution < -0.4 is 10.6 Å². The molecule has 1 aromatic rings. The molecule has 1 heterocycles. The first-order valence-electron chi connectivity index (χ1n) is 5.55. The van der Waals surface area contributed by atoms with E-state index in [0.717, 1.165) is 23.6 Å². The van der Waals surface area contributed by atoms with Crippen LogP contribution in [-0.2, 0) is 13.6 Å². The fourth-order valence-corrected chi connectivity index (χ4v) is 1.91. The normalized spacial score (nSPS) is 10.7. The van der Waals surface area contributed by atoms with Crippen molar-refractivity contribution in [1.82, 2.24) is 9.78 Å². The van der Waals surface area contributed by atoms with Crippen molar-refractivity contribution in [2.24, 2.45) is 12.8 Å². The molecule has 0 amide bonds. The first kappa shape index (κ1) is 12.0. The minimum atomic E-state index is 0.561. The Balaban J connectivity index is 2.91. The van der Waals surface area contributed by atoms with E-state index in [1.54, 1.807) is 0 Å². The van der Waals surface area contributed by atoms with Crippen molar-refractivity contribution in [1.29, 1.82) is 0 Å². The smallest absolute Gasteiger partial charge is 0.131 e. The maximum atomic E-state index is 5.75. The van der Waals surface area contributed by atoms with Gasteiger partial charge in [0.05, 0.1) is 5.69 Å². The second-order valence-electron chi connectivity index (χ2n) is 3.99. The van der Waals surface area contributed by atoms with Gasteiger partial charge in [-0.3, -0.25) is 4.68 Å². The van der Waals surface area contributed by atoms with Gasteiger partial charge in [0.25, 0.3) is 0 Å². The Morgan fingerprint density at radius 1 is 1.47 bits per heavy atom. The van der Waals surface area contributed by atoms with Crippen LogP contribution in [0.25, 0.3) is 0 Å². The molecule has 86 valence electrons. The average molecular weight is 210 g/mol. The van der Waals surface area contributed by atoms with E-state index in [2.05, 4.69) is 24.0 Å². The Labute approximate surface area is 92.1 Å². The molecule has 0 saturated heterocycles. The van der Waals surface area contributed by atoms with E-state index in [4.69, 9.17) is 5.73 Å². The number of unbranched alkanes of at least 4 members (excludes halogenated alkanes) is 1. The molecular weight excluding hydrogens is 188 g/mol. The Kier molecular flexibility index (Phi) is 4.15. The molecule has 15 heavy (non-hydrogen) atoms. The molecule has 0 bridgehead atoms. The van der Waals surface area contributed by atoms with Crippen molar-refractivity contribution >= 4 is 5.82 Å². The average Bonchev–Trinajstić information content (AvgIpc) is 2.49. The monoisotopic (exact) mass is 210 g/mol. The van der Waals surface area contributed by atoms with Crippen molar-refractivity contribution in [2.45, 2.75) is 33.2 Å². The summed E-state index contributed by atoms with van der Waals surface area (Å²) in [5.41, 5.74) is 7.95. The van der Waals surface area contributed by atoms with Gasteiger partial charge >= 0.3 is 0 Å². The van der Waals surface area contributed by atoms with Crippen LogP contribution >= 0.6 is 0 Å². The summed E-state index contributed by atoms with van der Waals surface area (Å²) in [4.78, 5) is 2.24. The molecule has 0 saturated carbocycles. The van der Waals surface area contributed by atoms with Crippen molar-refractivity contribution in [3.8, 4) is 0 Å². The van der Waals surface area contributed by atoms with Gasteiger partial charge in [0, 0.05) is 32.7 Å². The van der Waals surface area contributed by atoms with E-state index in [-0.39, 0.29) is 0 Å². The van der Waals surface area contributed by atoms with Gasteiger partial charge in [0.2, 0.25) is 0 Å². The first-order chi connectivity index (χ1) is 7.11. The van der Waals surface area contributed by atoms with Crippen LogP contribution in [0.15, 0.2) is 0 Å². The molecule has 0 aromatic carbocycles. The quantitative estimate of drug-likeness (QED) is 0.799. The number of hydrogen-bond donors (Lipinski definition) is 1. The molecule has 1 aromatic heterocycles. The van der Waals surface area contributed by atoms with E-state index < -0.39 is 0 Å². The lowest BCUT2D eigenvalue weighted by Gasteiger charge is -2.20. The van der Waals surface area contributed by atoms with E-state index in [1.807, 2.05) is 18.7 Å². The van der Waals surface area contributed by atoms with Crippen LogP contribution in [0.4, 0.5) is 5.82 Å². The number of hydrogen-bond acceptors (Lipinski definition) is 3. The van der Waals surface area contributed by atoms with Crippen molar-refractivity contribution < 1.29 is 0 Å². The second kappa shape index (κ2) is 5.16. The topological polar surface area (TPSA) is 47.1 Å². The molecular formula is C11H22N4. The molecule has 0 fully saturated rings. The van der Waals surface area contributed by atoms with Crippen LogP contribution in [-0.4, -0.2) is 23.4 Å². The van der Waals surface area contributed by atoms with E-state index in [1.165, 1.54) is 12.8 Å².